The summed E-state index contributed by atoms with van der Waals surface area (Å²) in [5.41, 5.74) is 9.35. The van der Waals surface area contributed by atoms with Gasteiger partial charge in [-0.05, 0) is 157 Å². The van der Waals surface area contributed by atoms with Crippen LogP contribution in [0.3, 0.4) is 0 Å². The van der Waals surface area contributed by atoms with Crippen molar-refractivity contribution in [3.05, 3.63) is 159 Å². The molecule has 6 aromatic carbocycles. The van der Waals surface area contributed by atoms with Gasteiger partial charge in [0.25, 0.3) is 11.8 Å². The van der Waals surface area contributed by atoms with Crippen LogP contribution in [0.25, 0.3) is 72.8 Å². The number of H-pyrrole nitrogens is 1. The highest BCUT2D eigenvalue weighted by Gasteiger charge is 2.53. The van der Waals surface area contributed by atoms with Crippen LogP contribution in [0.1, 0.15) is 54.0 Å². The highest BCUT2D eigenvalue weighted by molar-refractivity contribution is 9.28. The maximum absolute atomic E-state index is 14.4. The van der Waals surface area contributed by atoms with Gasteiger partial charge in [0.2, 0.25) is 20.0 Å². The molecule has 434 valence electrons. The van der Waals surface area contributed by atoms with Gasteiger partial charge < -0.3 is 39.5 Å². The number of amides is 2. The van der Waals surface area contributed by atoms with E-state index in [0.717, 1.165) is 21.1 Å². The molecule has 1 fully saturated rings. The number of halogens is 6. The minimum absolute atomic E-state index is 0.205. The van der Waals surface area contributed by atoms with E-state index in [4.69, 9.17) is 23.9 Å². The van der Waals surface area contributed by atoms with Crippen LogP contribution in [-0.4, -0.2) is 92.7 Å². The van der Waals surface area contributed by atoms with Crippen molar-refractivity contribution < 1.29 is 62.1 Å². The summed E-state index contributed by atoms with van der Waals surface area (Å²) in [6, 6.07) is 28.2. The molecule has 4 heterocycles. The average molecular weight is 1310 g/mol. The third-order valence-corrected chi connectivity index (χ3v) is 17.0. The summed E-state index contributed by atoms with van der Waals surface area (Å²) < 4.78 is 132. The molecule has 9 aromatic rings. The van der Waals surface area contributed by atoms with Gasteiger partial charge in [0, 0.05) is 101 Å². The molecule has 1 saturated heterocycles. The van der Waals surface area contributed by atoms with Gasteiger partial charge in [0.1, 0.15) is 46.0 Å². The van der Waals surface area contributed by atoms with E-state index in [1.54, 1.807) is 54.6 Å². The van der Waals surface area contributed by atoms with Crippen molar-refractivity contribution in [2.45, 2.75) is 38.9 Å². The smallest absolute Gasteiger partial charge is 0.455 e. The summed E-state index contributed by atoms with van der Waals surface area (Å²) in [6.45, 7) is 7.58. The Hall–Kier alpha value is -7.42. The Morgan fingerprint density at radius 2 is 1.10 bits per heavy atom. The van der Waals surface area contributed by atoms with Gasteiger partial charge in [-0.25, -0.2) is 34.4 Å². The number of nitrogens with two attached hydrogens (primary N) is 1. The Kier molecular flexibility index (Phi) is 17.6. The molecule has 0 atom stereocenters. The number of rotatable bonds is 11. The van der Waals surface area contributed by atoms with Crippen molar-refractivity contribution in [2.24, 2.45) is 0 Å². The highest BCUT2D eigenvalue weighted by atomic mass is 79.9. The molecular formula is C58H55BBr2F4N6O10S2. The van der Waals surface area contributed by atoms with Crippen LogP contribution in [0, 0.1) is 23.3 Å². The number of anilines is 3. The topological polar surface area (TPSA) is 220 Å². The monoisotopic (exact) mass is 1300 g/mol. The number of benzene rings is 6. The summed E-state index contributed by atoms with van der Waals surface area (Å²) >= 11 is 6.27. The second-order valence-corrected chi connectivity index (χ2v) is 27.0. The quantitative estimate of drug-likeness (QED) is 0.0542. The number of hydrogen-bond donors (Lipinski definition) is 4. The predicted molar refractivity (Wildman–Crippen MR) is 326 cm³/mol. The van der Waals surface area contributed by atoms with E-state index in [9.17, 15) is 44.0 Å². The van der Waals surface area contributed by atoms with Gasteiger partial charge in [-0.15, -0.1) is 0 Å². The number of furan rings is 2. The SMILES string of the molecule is CNC(=O)c1c(-c2ccc(F)cc2)oc2cc(N(C)S(C)(=O)=O)c(-c3cc4c(F)cccc4[nH]3)cc12.CNC(=O)c1c(-c2ccc(F)cc2)oc2cc(N(C)S(C)(=O)=O)c(B3OC(C)(C)C(C)(C)O3)cc12.Nc1cccc(F)c1C=C(Br)Br. The number of aromatic nitrogens is 1. The second-order valence-electron chi connectivity index (χ2n) is 20.2. The van der Waals surface area contributed by atoms with Crippen LogP contribution in [0.15, 0.2) is 127 Å². The lowest BCUT2D eigenvalue weighted by molar-refractivity contribution is 0.00578. The Balaban J connectivity index is 0.000000181. The molecule has 1 aliphatic heterocycles. The first-order valence-corrected chi connectivity index (χ1v) is 30.4. The van der Waals surface area contributed by atoms with Crippen LogP contribution < -0.4 is 30.4 Å². The average Bonchev–Trinajstić information content (AvgIpc) is 3.60. The fourth-order valence-electron chi connectivity index (χ4n) is 8.93. The number of fused-ring (bicyclic) bond motifs is 3. The molecule has 83 heavy (non-hydrogen) atoms. The molecule has 5 N–H and O–H groups in total. The number of carbonyl (C=O) groups is 2. The van der Waals surface area contributed by atoms with Crippen molar-refractivity contribution in [3.8, 4) is 33.9 Å². The first kappa shape index (κ1) is 61.7. The van der Waals surface area contributed by atoms with Crippen LogP contribution in [0.5, 0.6) is 0 Å². The Bertz CT molecular complexity index is 4230. The number of hydrogen-bond acceptors (Lipinski definition) is 11. The highest BCUT2D eigenvalue weighted by Crippen LogP contribution is 2.43. The van der Waals surface area contributed by atoms with E-state index >= 15 is 0 Å². The zero-order chi connectivity index (χ0) is 60.8. The number of nitrogens with one attached hydrogen (secondary N) is 3. The van der Waals surface area contributed by atoms with E-state index in [1.165, 1.54) is 94.9 Å². The summed E-state index contributed by atoms with van der Waals surface area (Å²) in [5.74, 6) is -2.03. The van der Waals surface area contributed by atoms with E-state index in [-0.39, 0.29) is 45.3 Å². The molecular weight excluding hydrogens is 1250 g/mol. The van der Waals surface area contributed by atoms with Crippen LogP contribution in [0.4, 0.5) is 34.6 Å². The van der Waals surface area contributed by atoms with Crippen LogP contribution >= 0.6 is 31.9 Å². The Morgan fingerprint density at radius 1 is 0.639 bits per heavy atom. The van der Waals surface area contributed by atoms with Crippen molar-refractivity contribution in [2.75, 3.05) is 55.0 Å². The summed E-state index contributed by atoms with van der Waals surface area (Å²) in [5, 5.41) is 6.40. The number of nitrogen functional groups attached to an aromatic ring is 1. The van der Waals surface area contributed by atoms with E-state index in [0.29, 0.717) is 69.9 Å². The lowest BCUT2D eigenvalue weighted by Gasteiger charge is -2.32. The van der Waals surface area contributed by atoms with Crippen molar-refractivity contribution in [1.82, 2.24) is 15.6 Å². The standard InChI is InChI=1S/C26H21F2N3O4S.C24H28BFN2O6S.C8H6Br2FN/c1-29-26(32)24-18-11-17(21-12-16-19(28)5-4-6-20(16)30-21)22(31(2)36(3,33)34)13-23(18)35-25(24)14-7-9-15(27)10-8-14;1-23(2)24(3,4)34-25(33-23)17-12-16-19(13-18(17)28(6)35(7,30)31)32-21(20(16)22(29)27-5)14-8-10-15(26)11-9-14;9-8(10)4-5-6(11)2-1-3-7(5)12/h4-13,30H,1-3H3,(H,29,32);8-13H,1-7H3,(H,27,29);1-4H,12H2. The Labute approximate surface area is 493 Å². The Morgan fingerprint density at radius 3 is 1.55 bits per heavy atom. The maximum atomic E-state index is 14.4. The van der Waals surface area contributed by atoms with E-state index in [2.05, 4.69) is 47.5 Å². The van der Waals surface area contributed by atoms with Gasteiger partial charge in [0.05, 0.1) is 49.6 Å². The van der Waals surface area contributed by atoms with Crippen molar-refractivity contribution in [1.29, 1.82) is 0 Å². The fourth-order valence-corrected chi connectivity index (χ4v) is 10.4. The number of aromatic amines is 1. The molecule has 10 rings (SSSR count). The molecule has 0 bridgehead atoms. The van der Waals surface area contributed by atoms with Crippen LogP contribution in [0.2, 0.25) is 0 Å². The van der Waals surface area contributed by atoms with Crippen molar-refractivity contribution >= 4 is 132 Å². The summed E-state index contributed by atoms with van der Waals surface area (Å²) in [4.78, 5) is 29.0. The molecule has 3 aromatic heterocycles. The molecule has 16 nitrogen and oxygen atoms in total. The molecule has 2 amide bonds. The maximum Gasteiger partial charge on any atom is 0.497 e. The molecule has 0 saturated carbocycles. The zero-order valence-electron chi connectivity index (χ0n) is 46.3. The summed E-state index contributed by atoms with van der Waals surface area (Å²) in [6.07, 6.45) is 3.73. The van der Waals surface area contributed by atoms with Crippen LogP contribution in [-0.2, 0) is 29.4 Å². The molecule has 0 radical (unpaired) electrons. The lowest BCUT2D eigenvalue weighted by Crippen LogP contribution is -2.41. The van der Waals surface area contributed by atoms with Gasteiger partial charge >= 0.3 is 7.12 Å². The number of sulfonamides is 2. The van der Waals surface area contributed by atoms with Crippen molar-refractivity contribution in [3.63, 3.8) is 0 Å². The first-order chi connectivity index (χ1) is 38.8. The zero-order valence-corrected chi connectivity index (χ0v) is 51.1. The van der Waals surface area contributed by atoms with Gasteiger partial charge in [-0.3, -0.25) is 18.2 Å². The predicted octanol–water partition coefficient (Wildman–Crippen LogP) is 12.1. The lowest BCUT2D eigenvalue weighted by atomic mass is 9.77. The number of nitrogens with zero attached hydrogens (tertiary/aromatic N) is 2. The third kappa shape index (κ3) is 12.7. The largest absolute Gasteiger partial charge is 0.497 e. The summed E-state index contributed by atoms with van der Waals surface area (Å²) in [7, 11) is -2.45. The fraction of sp³-hybridized carbons (Fsp3) is 0.207. The minimum atomic E-state index is -3.69. The van der Waals surface area contributed by atoms with Gasteiger partial charge in [-0.2, -0.15) is 0 Å². The number of carbonyl (C=O) groups excluding carboxylic acids is 2. The normalized spacial score (nSPS) is 13.7. The molecule has 0 spiro atoms. The minimum Gasteiger partial charge on any atom is -0.455 e. The molecule has 25 heteroatoms. The van der Waals surface area contributed by atoms with Gasteiger partial charge in [-0.1, -0.05) is 12.1 Å². The third-order valence-electron chi connectivity index (χ3n) is 14.2. The van der Waals surface area contributed by atoms with E-state index < -0.39 is 67.6 Å². The molecule has 0 aliphatic carbocycles. The molecule has 0 unspecified atom stereocenters. The second kappa shape index (κ2) is 23.7. The molecule has 1 aliphatic rings. The van der Waals surface area contributed by atoms with E-state index in [1.807, 2.05) is 27.7 Å². The van der Waals surface area contributed by atoms with Gasteiger partial charge in [0.15, 0.2) is 0 Å². The first-order valence-electron chi connectivity index (χ1n) is 25.1.